The Kier molecular flexibility index (Phi) is 3.35. The quantitative estimate of drug-likeness (QED) is 0.837. The summed E-state index contributed by atoms with van der Waals surface area (Å²) < 4.78 is 13.7. The van der Waals surface area contributed by atoms with Gasteiger partial charge in [-0.15, -0.1) is 0 Å². The first-order valence-electron chi connectivity index (χ1n) is 3.77. The molecule has 0 unspecified atom stereocenters. The molecule has 5 heteroatoms. The van der Waals surface area contributed by atoms with E-state index in [1.807, 2.05) is 5.32 Å². The second-order valence-electron chi connectivity index (χ2n) is 2.63. The SMILES string of the molecule is CC(=O)NC(=O)c1ccc(Br)cc1F. The van der Waals surface area contributed by atoms with Crippen molar-refractivity contribution < 1.29 is 14.0 Å². The van der Waals surface area contributed by atoms with Gasteiger partial charge in [0.1, 0.15) is 5.82 Å². The Morgan fingerprint density at radius 3 is 2.57 bits per heavy atom. The number of imide groups is 1. The predicted molar refractivity (Wildman–Crippen MR) is 52.2 cm³/mol. The molecule has 0 radical (unpaired) electrons. The third-order valence-electron chi connectivity index (χ3n) is 1.47. The summed E-state index contributed by atoms with van der Waals surface area (Å²) in [5.74, 6) is -1.92. The lowest BCUT2D eigenvalue weighted by atomic mass is 10.2. The number of carbonyl (C=O) groups is 2. The Morgan fingerprint density at radius 2 is 2.07 bits per heavy atom. The van der Waals surface area contributed by atoms with Crippen molar-refractivity contribution >= 4 is 27.7 Å². The molecule has 0 bridgehead atoms. The number of hydrogen-bond acceptors (Lipinski definition) is 2. The molecule has 0 spiro atoms. The molecule has 0 saturated heterocycles. The van der Waals surface area contributed by atoms with Gasteiger partial charge in [-0.3, -0.25) is 14.9 Å². The van der Waals surface area contributed by atoms with Gasteiger partial charge in [0.05, 0.1) is 5.56 Å². The predicted octanol–water partition coefficient (Wildman–Crippen LogP) is 1.86. The number of halogens is 2. The fourth-order valence-corrected chi connectivity index (χ4v) is 1.23. The molecular weight excluding hydrogens is 253 g/mol. The van der Waals surface area contributed by atoms with Gasteiger partial charge >= 0.3 is 0 Å². The Hall–Kier alpha value is -1.23. The summed E-state index contributed by atoms with van der Waals surface area (Å²) in [6, 6.07) is 3.99. The molecule has 0 atom stereocenters. The summed E-state index contributed by atoms with van der Waals surface area (Å²) in [5.41, 5.74) is -0.150. The van der Waals surface area contributed by atoms with E-state index in [9.17, 15) is 14.0 Å². The number of amides is 2. The van der Waals surface area contributed by atoms with Crippen molar-refractivity contribution in [1.29, 1.82) is 0 Å². The minimum absolute atomic E-state index is 0.150. The molecule has 0 aliphatic carbocycles. The van der Waals surface area contributed by atoms with Gasteiger partial charge in [0.2, 0.25) is 5.91 Å². The van der Waals surface area contributed by atoms with Crippen molar-refractivity contribution in [1.82, 2.24) is 5.32 Å². The third-order valence-corrected chi connectivity index (χ3v) is 1.96. The van der Waals surface area contributed by atoms with Crippen LogP contribution in [0.5, 0.6) is 0 Å². The zero-order chi connectivity index (χ0) is 10.7. The van der Waals surface area contributed by atoms with E-state index in [2.05, 4.69) is 15.9 Å². The van der Waals surface area contributed by atoms with Crippen LogP contribution in [-0.4, -0.2) is 11.8 Å². The van der Waals surface area contributed by atoms with Crippen LogP contribution in [0, 0.1) is 5.82 Å². The standard InChI is InChI=1S/C9H7BrFNO2/c1-5(13)12-9(14)7-3-2-6(10)4-8(7)11/h2-4H,1H3,(H,12,13,14). The largest absolute Gasteiger partial charge is 0.292 e. The van der Waals surface area contributed by atoms with Crippen molar-refractivity contribution in [2.75, 3.05) is 0 Å². The number of carbonyl (C=O) groups excluding carboxylic acids is 2. The van der Waals surface area contributed by atoms with Gasteiger partial charge in [-0.1, -0.05) is 15.9 Å². The maximum Gasteiger partial charge on any atom is 0.260 e. The lowest BCUT2D eigenvalue weighted by molar-refractivity contribution is -0.118. The lowest BCUT2D eigenvalue weighted by Crippen LogP contribution is -2.28. The highest BCUT2D eigenvalue weighted by Gasteiger charge is 2.12. The van der Waals surface area contributed by atoms with E-state index in [0.29, 0.717) is 4.47 Å². The maximum atomic E-state index is 13.1. The van der Waals surface area contributed by atoms with Gasteiger partial charge in [-0.05, 0) is 18.2 Å². The van der Waals surface area contributed by atoms with Crippen molar-refractivity contribution in [2.45, 2.75) is 6.92 Å². The highest BCUT2D eigenvalue weighted by atomic mass is 79.9. The van der Waals surface area contributed by atoms with E-state index in [1.54, 1.807) is 0 Å². The summed E-state index contributed by atoms with van der Waals surface area (Å²) in [6.45, 7) is 1.19. The molecule has 2 amide bonds. The molecule has 0 aromatic heterocycles. The van der Waals surface area contributed by atoms with Gasteiger partial charge in [0.25, 0.3) is 5.91 Å². The molecule has 14 heavy (non-hydrogen) atoms. The first kappa shape index (κ1) is 10.8. The van der Waals surface area contributed by atoms with Crippen LogP contribution >= 0.6 is 15.9 Å². The second-order valence-corrected chi connectivity index (χ2v) is 3.55. The zero-order valence-electron chi connectivity index (χ0n) is 7.30. The molecule has 1 N–H and O–H groups in total. The second kappa shape index (κ2) is 4.32. The first-order chi connectivity index (χ1) is 6.50. The van der Waals surface area contributed by atoms with Crippen LogP contribution in [0.25, 0.3) is 0 Å². The molecule has 0 heterocycles. The summed E-state index contributed by atoms with van der Waals surface area (Å²) in [5, 5.41) is 1.99. The van der Waals surface area contributed by atoms with Crippen LogP contribution in [0.1, 0.15) is 17.3 Å². The smallest absolute Gasteiger partial charge is 0.260 e. The summed E-state index contributed by atoms with van der Waals surface area (Å²) in [4.78, 5) is 21.7. The third kappa shape index (κ3) is 2.63. The highest BCUT2D eigenvalue weighted by molar-refractivity contribution is 9.10. The molecule has 0 fully saturated rings. The van der Waals surface area contributed by atoms with Crippen molar-refractivity contribution in [2.24, 2.45) is 0 Å². The van der Waals surface area contributed by atoms with E-state index in [0.717, 1.165) is 6.07 Å². The highest BCUT2D eigenvalue weighted by Crippen LogP contribution is 2.14. The molecule has 0 aliphatic heterocycles. The molecule has 3 nitrogen and oxygen atoms in total. The summed E-state index contributed by atoms with van der Waals surface area (Å²) >= 11 is 3.06. The van der Waals surface area contributed by atoms with Crippen LogP contribution < -0.4 is 5.32 Å². The Morgan fingerprint density at radius 1 is 1.43 bits per heavy atom. The van der Waals surface area contributed by atoms with Crippen LogP contribution in [0.2, 0.25) is 0 Å². The van der Waals surface area contributed by atoms with E-state index >= 15 is 0 Å². The van der Waals surface area contributed by atoms with Gasteiger partial charge in [0, 0.05) is 11.4 Å². The van der Waals surface area contributed by atoms with E-state index in [-0.39, 0.29) is 5.56 Å². The van der Waals surface area contributed by atoms with Crippen molar-refractivity contribution in [3.63, 3.8) is 0 Å². The van der Waals surface area contributed by atoms with E-state index in [4.69, 9.17) is 0 Å². The van der Waals surface area contributed by atoms with E-state index in [1.165, 1.54) is 19.1 Å². The summed E-state index contributed by atoms with van der Waals surface area (Å²) in [6.07, 6.45) is 0. The van der Waals surface area contributed by atoms with E-state index < -0.39 is 17.6 Å². The van der Waals surface area contributed by atoms with Crippen molar-refractivity contribution in [3.05, 3.63) is 34.1 Å². The minimum atomic E-state index is -0.734. The normalized spacial score (nSPS) is 9.64. The molecule has 1 aromatic carbocycles. The number of benzene rings is 1. The molecular formula is C9H7BrFNO2. The van der Waals surface area contributed by atoms with Crippen LogP contribution in [0.15, 0.2) is 22.7 Å². The average Bonchev–Trinajstić information content (AvgIpc) is 2.01. The lowest BCUT2D eigenvalue weighted by Gasteiger charge is -2.02. The first-order valence-corrected chi connectivity index (χ1v) is 4.57. The molecule has 74 valence electrons. The topological polar surface area (TPSA) is 46.2 Å². The van der Waals surface area contributed by atoms with Gasteiger partial charge in [-0.2, -0.15) is 0 Å². The monoisotopic (exact) mass is 259 g/mol. The minimum Gasteiger partial charge on any atom is -0.292 e. The molecule has 1 rings (SSSR count). The molecule has 0 aliphatic rings. The van der Waals surface area contributed by atoms with Gasteiger partial charge in [0.15, 0.2) is 0 Å². The molecule has 1 aromatic rings. The van der Waals surface area contributed by atoms with Crippen molar-refractivity contribution in [3.8, 4) is 0 Å². The van der Waals surface area contributed by atoms with Crippen LogP contribution in [0.3, 0.4) is 0 Å². The van der Waals surface area contributed by atoms with Gasteiger partial charge in [-0.25, -0.2) is 4.39 Å². The number of rotatable bonds is 1. The number of hydrogen-bond donors (Lipinski definition) is 1. The molecule has 0 saturated carbocycles. The zero-order valence-corrected chi connectivity index (χ0v) is 8.89. The Balaban J connectivity index is 2.96. The Labute approximate surface area is 88.4 Å². The maximum absolute atomic E-state index is 13.1. The number of nitrogens with one attached hydrogen (secondary N) is 1. The summed E-state index contributed by atoms with van der Waals surface area (Å²) in [7, 11) is 0. The Bertz CT molecular complexity index is 392. The average molecular weight is 260 g/mol. The van der Waals surface area contributed by atoms with Crippen LogP contribution in [0.4, 0.5) is 4.39 Å². The van der Waals surface area contributed by atoms with Crippen LogP contribution in [-0.2, 0) is 4.79 Å². The fraction of sp³-hybridized carbons (Fsp3) is 0.111. The fourth-order valence-electron chi connectivity index (χ4n) is 0.901. The van der Waals surface area contributed by atoms with Gasteiger partial charge < -0.3 is 0 Å².